The Kier molecular flexibility index (Phi) is 3.97. The first kappa shape index (κ1) is 14.1. The first-order valence-corrected chi connectivity index (χ1v) is 8.11. The van der Waals surface area contributed by atoms with Gasteiger partial charge in [-0.15, -0.1) is 0 Å². The Morgan fingerprint density at radius 2 is 1.90 bits per heavy atom. The highest BCUT2D eigenvalue weighted by molar-refractivity contribution is 9.08. The van der Waals surface area contributed by atoms with E-state index in [0.717, 1.165) is 17.1 Å². The molecule has 0 saturated heterocycles. The second-order valence-corrected chi connectivity index (χ2v) is 5.78. The van der Waals surface area contributed by atoms with Crippen LogP contribution in [0.15, 0.2) is 48.7 Å². The summed E-state index contributed by atoms with van der Waals surface area (Å²) in [5.74, 6) is 1.94. The molecule has 0 radical (unpaired) electrons. The summed E-state index contributed by atoms with van der Waals surface area (Å²) < 4.78 is 8.16. The van der Waals surface area contributed by atoms with E-state index in [1.807, 2.05) is 47.0 Å². The summed E-state index contributed by atoms with van der Waals surface area (Å²) in [5, 5.41) is 0.692. The molecule has 1 aromatic carbocycles. The molecule has 0 spiro atoms. The van der Waals surface area contributed by atoms with Crippen molar-refractivity contribution in [3.05, 3.63) is 59.9 Å². The molecule has 3 aromatic rings. The van der Waals surface area contributed by atoms with Crippen molar-refractivity contribution < 1.29 is 4.74 Å². The molecular formula is C17H17BrN2O. The van der Waals surface area contributed by atoms with Crippen molar-refractivity contribution in [2.24, 2.45) is 0 Å². The van der Waals surface area contributed by atoms with Crippen LogP contribution in [0.5, 0.6) is 11.6 Å². The molecule has 0 saturated carbocycles. The first-order valence-electron chi connectivity index (χ1n) is 6.99. The number of rotatable bonds is 4. The molecular weight excluding hydrogens is 328 g/mol. The molecule has 108 valence electrons. The third kappa shape index (κ3) is 2.68. The molecule has 0 bridgehead atoms. The van der Waals surface area contributed by atoms with Crippen molar-refractivity contribution in [3.8, 4) is 11.6 Å². The van der Waals surface area contributed by atoms with Gasteiger partial charge in [0.25, 0.3) is 0 Å². The van der Waals surface area contributed by atoms with Gasteiger partial charge in [-0.1, -0.05) is 54.0 Å². The van der Waals surface area contributed by atoms with Crippen molar-refractivity contribution in [3.63, 3.8) is 0 Å². The van der Waals surface area contributed by atoms with E-state index in [0.29, 0.717) is 17.1 Å². The van der Waals surface area contributed by atoms with Gasteiger partial charge >= 0.3 is 0 Å². The fourth-order valence-electron chi connectivity index (χ4n) is 2.38. The lowest BCUT2D eigenvalue weighted by atomic mass is 10.0. The zero-order valence-corrected chi connectivity index (χ0v) is 13.7. The largest absolute Gasteiger partial charge is 0.437 e. The number of nitrogens with zero attached hydrogens (tertiary/aromatic N) is 2. The minimum absolute atomic E-state index is 0.408. The molecule has 2 heterocycles. The molecule has 4 heteroatoms. The van der Waals surface area contributed by atoms with Crippen molar-refractivity contribution in [2.45, 2.75) is 25.1 Å². The van der Waals surface area contributed by atoms with E-state index in [4.69, 9.17) is 4.74 Å². The Labute approximate surface area is 132 Å². The van der Waals surface area contributed by atoms with Crippen LogP contribution >= 0.6 is 15.9 Å². The molecule has 0 amide bonds. The summed E-state index contributed by atoms with van der Waals surface area (Å²) in [7, 11) is 0. The van der Waals surface area contributed by atoms with Gasteiger partial charge in [-0.2, -0.15) is 4.98 Å². The van der Waals surface area contributed by atoms with Crippen LogP contribution in [-0.4, -0.2) is 9.38 Å². The molecule has 0 fully saturated rings. The van der Waals surface area contributed by atoms with E-state index in [9.17, 15) is 0 Å². The van der Waals surface area contributed by atoms with Crippen molar-refractivity contribution in [1.29, 1.82) is 0 Å². The van der Waals surface area contributed by atoms with Gasteiger partial charge < -0.3 is 4.74 Å². The molecule has 2 aromatic heterocycles. The highest BCUT2D eigenvalue weighted by Gasteiger charge is 2.15. The van der Waals surface area contributed by atoms with Gasteiger partial charge in [-0.3, -0.25) is 4.40 Å². The van der Waals surface area contributed by atoms with Crippen LogP contribution in [0.4, 0.5) is 0 Å². The highest BCUT2D eigenvalue weighted by atomic mass is 79.9. The molecule has 21 heavy (non-hydrogen) atoms. The van der Waals surface area contributed by atoms with E-state index >= 15 is 0 Å². The third-order valence-corrected chi connectivity index (χ3v) is 4.00. The van der Waals surface area contributed by atoms with Gasteiger partial charge in [0, 0.05) is 11.5 Å². The quantitative estimate of drug-likeness (QED) is 0.612. The van der Waals surface area contributed by atoms with Crippen LogP contribution in [0.2, 0.25) is 0 Å². The summed E-state index contributed by atoms with van der Waals surface area (Å²) in [4.78, 5) is 4.59. The number of hydrogen-bond donors (Lipinski definition) is 0. The second kappa shape index (κ2) is 5.90. The number of ether oxygens (including phenoxy) is 1. The Balaban J connectivity index is 2.06. The fourth-order valence-corrected chi connectivity index (χ4v) is 2.89. The topological polar surface area (TPSA) is 26.5 Å². The highest BCUT2D eigenvalue weighted by Crippen LogP contribution is 2.32. The van der Waals surface area contributed by atoms with Gasteiger partial charge in [0.1, 0.15) is 11.4 Å². The Morgan fingerprint density at radius 1 is 1.14 bits per heavy atom. The van der Waals surface area contributed by atoms with Gasteiger partial charge in [0.15, 0.2) is 0 Å². The van der Waals surface area contributed by atoms with E-state index in [1.165, 1.54) is 5.56 Å². The number of aromatic nitrogens is 2. The minimum Gasteiger partial charge on any atom is -0.437 e. The molecule has 0 aliphatic heterocycles. The third-order valence-electron chi connectivity index (χ3n) is 3.47. The maximum absolute atomic E-state index is 6.12. The van der Waals surface area contributed by atoms with Crippen LogP contribution in [-0.2, 0) is 5.33 Å². The van der Waals surface area contributed by atoms with Gasteiger partial charge in [0.2, 0.25) is 5.88 Å². The van der Waals surface area contributed by atoms with Crippen molar-refractivity contribution >= 4 is 21.6 Å². The number of fused-ring (bicyclic) bond motifs is 1. The lowest BCUT2D eigenvalue weighted by molar-refractivity contribution is 0.453. The number of benzene rings is 1. The Hall–Kier alpha value is -1.81. The Bertz CT molecular complexity index is 764. The minimum atomic E-state index is 0.408. The number of imidazole rings is 1. The summed E-state index contributed by atoms with van der Waals surface area (Å²) in [6.45, 7) is 4.33. The molecule has 3 rings (SSSR count). The molecule has 0 N–H and O–H groups in total. The van der Waals surface area contributed by atoms with E-state index < -0.39 is 0 Å². The van der Waals surface area contributed by atoms with Crippen LogP contribution in [0.1, 0.15) is 31.0 Å². The van der Waals surface area contributed by atoms with E-state index in [1.54, 1.807) is 0 Å². The molecule has 0 unspecified atom stereocenters. The van der Waals surface area contributed by atoms with Crippen LogP contribution in [0.25, 0.3) is 5.65 Å². The van der Waals surface area contributed by atoms with Crippen LogP contribution in [0, 0.1) is 0 Å². The SMILES string of the molecule is CC(C)c1ccccc1Oc1nc2ccccn2c1CBr. The average Bonchev–Trinajstić information content (AvgIpc) is 2.84. The predicted molar refractivity (Wildman–Crippen MR) is 88.4 cm³/mol. The lowest BCUT2D eigenvalue weighted by Crippen LogP contribution is -1.96. The maximum Gasteiger partial charge on any atom is 0.242 e. The Morgan fingerprint density at radius 3 is 2.67 bits per heavy atom. The van der Waals surface area contributed by atoms with Crippen molar-refractivity contribution in [2.75, 3.05) is 0 Å². The summed E-state index contributed by atoms with van der Waals surface area (Å²) >= 11 is 3.53. The predicted octanol–water partition coefficient (Wildman–Crippen LogP) is 5.14. The number of para-hydroxylation sites is 1. The monoisotopic (exact) mass is 344 g/mol. The number of halogens is 1. The van der Waals surface area contributed by atoms with Gasteiger partial charge in [-0.05, 0) is 29.7 Å². The lowest BCUT2D eigenvalue weighted by Gasteiger charge is -2.12. The number of hydrogen-bond acceptors (Lipinski definition) is 2. The van der Waals surface area contributed by atoms with Crippen LogP contribution in [0.3, 0.4) is 0 Å². The number of pyridine rings is 1. The van der Waals surface area contributed by atoms with E-state index in [2.05, 4.69) is 40.8 Å². The van der Waals surface area contributed by atoms with Gasteiger partial charge in [-0.25, -0.2) is 0 Å². The molecule has 0 atom stereocenters. The molecule has 0 aliphatic rings. The van der Waals surface area contributed by atoms with E-state index in [-0.39, 0.29) is 0 Å². The van der Waals surface area contributed by atoms with Crippen molar-refractivity contribution in [1.82, 2.24) is 9.38 Å². The van der Waals surface area contributed by atoms with Gasteiger partial charge in [0.05, 0.1) is 5.69 Å². The average molecular weight is 345 g/mol. The molecule has 3 nitrogen and oxygen atoms in total. The maximum atomic E-state index is 6.12. The fraction of sp³-hybridized carbons (Fsp3) is 0.235. The summed E-state index contributed by atoms with van der Waals surface area (Å²) in [6.07, 6.45) is 2.00. The number of alkyl halides is 1. The zero-order valence-electron chi connectivity index (χ0n) is 12.1. The first-order chi connectivity index (χ1) is 10.2. The molecule has 0 aliphatic carbocycles. The second-order valence-electron chi connectivity index (χ2n) is 5.22. The smallest absolute Gasteiger partial charge is 0.242 e. The summed E-state index contributed by atoms with van der Waals surface area (Å²) in [5.41, 5.74) is 3.10. The standard InChI is InChI=1S/C17H17BrN2O/c1-12(2)13-7-3-4-8-15(13)21-17-14(11-18)20-10-6-5-9-16(20)19-17/h3-10,12H,11H2,1-2H3. The summed E-state index contributed by atoms with van der Waals surface area (Å²) in [6, 6.07) is 14.1. The van der Waals surface area contributed by atoms with Crippen LogP contribution < -0.4 is 4.74 Å². The zero-order chi connectivity index (χ0) is 14.8. The normalized spacial score (nSPS) is 11.2.